The molecule has 0 saturated carbocycles. The number of aromatic amines is 1. The molecule has 2 aromatic heterocycles. The van der Waals surface area contributed by atoms with Crippen molar-refractivity contribution in [3.05, 3.63) is 10.5 Å². The van der Waals surface area contributed by atoms with Crippen LogP contribution in [0, 0.1) is 11.7 Å². The molecule has 104 valence electrons. The number of nitrogens with one attached hydrogen (secondary N) is 1. The maximum atomic E-state index is 5.53. The summed E-state index contributed by atoms with van der Waals surface area (Å²) < 4.78 is 5.04. The Morgan fingerprint density at radius 2 is 2.26 bits per heavy atom. The largest absolute Gasteiger partial charge is 0.328 e. The third-order valence-corrected chi connectivity index (χ3v) is 4.46. The molecule has 1 aliphatic heterocycles. The zero-order valence-electron chi connectivity index (χ0n) is 11.8. The van der Waals surface area contributed by atoms with Crippen LogP contribution in [-0.4, -0.2) is 43.9 Å². The Hall–Kier alpha value is -1.14. The normalized spacial score (nSPS) is 21.3. The highest BCUT2D eigenvalue weighted by atomic mass is 32.1. The van der Waals surface area contributed by atoms with E-state index in [-0.39, 0.29) is 0 Å². The van der Waals surface area contributed by atoms with Crippen molar-refractivity contribution in [1.82, 2.24) is 24.2 Å². The molecule has 1 saturated heterocycles. The highest BCUT2D eigenvalue weighted by Gasteiger charge is 2.24. The third kappa shape index (κ3) is 2.03. The quantitative estimate of drug-likeness (QED) is 0.858. The van der Waals surface area contributed by atoms with Crippen LogP contribution in [0.15, 0.2) is 0 Å². The summed E-state index contributed by atoms with van der Waals surface area (Å²) in [4.78, 5) is 5.82. The van der Waals surface area contributed by atoms with Crippen molar-refractivity contribution in [2.24, 2.45) is 7.05 Å². The molecule has 19 heavy (non-hydrogen) atoms. The van der Waals surface area contributed by atoms with Crippen molar-refractivity contribution in [1.29, 1.82) is 0 Å². The van der Waals surface area contributed by atoms with E-state index in [1.54, 1.807) is 0 Å². The number of piperidine rings is 1. The number of aryl methyl sites for hydroxylation is 2. The first-order chi connectivity index (χ1) is 9.11. The van der Waals surface area contributed by atoms with Crippen LogP contribution in [0.3, 0.4) is 0 Å². The molecular weight excluding hydrogens is 258 g/mol. The Labute approximate surface area is 118 Å². The van der Waals surface area contributed by atoms with E-state index in [0.717, 1.165) is 34.7 Å². The van der Waals surface area contributed by atoms with E-state index in [1.807, 2.05) is 18.7 Å². The van der Waals surface area contributed by atoms with Gasteiger partial charge in [-0.1, -0.05) is 6.92 Å². The summed E-state index contributed by atoms with van der Waals surface area (Å²) in [6.07, 6.45) is 2.44. The average Bonchev–Trinajstić information content (AvgIpc) is 2.88. The maximum absolute atomic E-state index is 5.53. The molecule has 0 radical (unpaired) electrons. The Morgan fingerprint density at radius 1 is 1.47 bits per heavy atom. The van der Waals surface area contributed by atoms with E-state index in [4.69, 9.17) is 12.2 Å². The van der Waals surface area contributed by atoms with Crippen molar-refractivity contribution in [2.75, 3.05) is 19.6 Å². The van der Waals surface area contributed by atoms with Gasteiger partial charge in [-0.05, 0) is 45.1 Å². The Morgan fingerprint density at radius 3 is 3.00 bits per heavy atom. The fourth-order valence-corrected chi connectivity index (χ4v) is 3.54. The molecule has 1 unspecified atom stereocenters. The number of fused-ring (bicyclic) bond motifs is 1. The Kier molecular flexibility index (Phi) is 3.22. The molecule has 5 nitrogen and oxygen atoms in total. The van der Waals surface area contributed by atoms with Crippen LogP contribution in [0.1, 0.15) is 31.5 Å². The summed E-state index contributed by atoms with van der Waals surface area (Å²) in [5.41, 5.74) is 3.23. The minimum absolute atomic E-state index is 0.463. The standard InChI is InChI=1S/C13H21N5S/c1-4-17-7-5-6-10(8-17)18-12-11(14-13(18)19)9(2)15-16(12)3/h10H,4-8H2,1-3H3,(H,14,19). The molecule has 6 heteroatoms. The summed E-state index contributed by atoms with van der Waals surface area (Å²) in [7, 11) is 1.99. The molecule has 0 aliphatic carbocycles. The minimum atomic E-state index is 0.463. The molecule has 0 aromatic carbocycles. The lowest BCUT2D eigenvalue weighted by molar-refractivity contribution is 0.186. The molecule has 1 atom stereocenters. The van der Waals surface area contributed by atoms with Gasteiger partial charge in [-0.3, -0.25) is 9.25 Å². The summed E-state index contributed by atoms with van der Waals surface area (Å²) in [6.45, 7) is 7.65. The van der Waals surface area contributed by atoms with Gasteiger partial charge in [0.15, 0.2) is 10.4 Å². The van der Waals surface area contributed by atoms with Crippen LogP contribution in [0.5, 0.6) is 0 Å². The van der Waals surface area contributed by atoms with Crippen molar-refractivity contribution in [2.45, 2.75) is 32.7 Å². The number of likely N-dealkylation sites (tertiary alicyclic amines) is 1. The molecule has 1 fully saturated rings. The number of likely N-dealkylation sites (N-methyl/N-ethyl adjacent to an activating group) is 1. The molecule has 0 bridgehead atoms. The molecule has 0 spiro atoms. The third-order valence-electron chi connectivity index (χ3n) is 4.16. The van der Waals surface area contributed by atoms with E-state index in [9.17, 15) is 0 Å². The van der Waals surface area contributed by atoms with Crippen molar-refractivity contribution >= 4 is 23.4 Å². The van der Waals surface area contributed by atoms with Crippen molar-refractivity contribution < 1.29 is 0 Å². The number of hydrogen-bond donors (Lipinski definition) is 1. The summed E-state index contributed by atoms with van der Waals surface area (Å²) >= 11 is 5.53. The maximum Gasteiger partial charge on any atom is 0.179 e. The number of nitrogens with zero attached hydrogens (tertiary/aromatic N) is 4. The monoisotopic (exact) mass is 279 g/mol. The van der Waals surface area contributed by atoms with Crippen LogP contribution in [0.4, 0.5) is 0 Å². The van der Waals surface area contributed by atoms with Crippen molar-refractivity contribution in [3.63, 3.8) is 0 Å². The van der Waals surface area contributed by atoms with Gasteiger partial charge in [0, 0.05) is 13.6 Å². The second-order valence-corrected chi connectivity index (χ2v) is 5.78. The predicted molar refractivity (Wildman–Crippen MR) is 79.0 cm³/mol. The van der Waals surface area contributed by atoms with Gasteiger partial charge in [0.1, 0.15) is 5.52 Å². The lowest BCUT2D eigenvalue weighted by atomic mass is 10.1. The molecule has 2 aromatic rings. The van der Waals surface area contributed by atoms with Gasteiger partial charge in [0.2, 0.25) is 0 Å². The summed E-state index contributed by atoms with van der Waals surface area (Å²) in [5, 5.41) is 4.49. The van der Waals surface area contributed by atoms with Gasteiger partial charge < -0.3 is 9.88 Å². The summed E-state index contributed by atoms with van der Waals surface area (Å²) in [6, 6.07) is 0.463. The number of aromatic nitrogens is 4. The molecule has 0 amide bonds. The first kappa shape index (κ1) is 12.9. The minimum Gasteiger partial charge on any atom is -0.328 e. The zero-order valence-corrected chi connectivity index (χ0v) is 12.6. The Bertz CT molecular complexity index is 650. The van der Waals surface area contributed by atoms with E-state index in [2.05, 4.69) is 26.5 Å². The average molecular weight is 279 g/mol. The smallest absolute Gasteiger partial charge is 0.179 e. The van der Waals surface area contributed by atoms with Gasteiger partial charge in [0.05, 0.1) is 11.7 Å². The highest BCUT2D eigenvalue weighted by molar-refractivity contribution is 7.71. The molecular formula is C13H21N5S. The second-order valence-electron chi connectivity index (χ2n) is 5.40. The van der Waals surface area contributed by atoms with E-state index in [1.165, 1.54) is 19.4 Å². The van der Waals surface area contributed by atoms with Crippen molar-refractivity contribution in [3.8, 4) is 0 Å². The van der Waals surface area contributed by atoms with Crippen LogP contribution in [-0.2, 0) is 7.05 Å². The lowest BCUT2D eigenvalue weighted by Gasteiger charge is -2.32. The van der Waals surface area contributed by atoms with Crippen LogP contribution in [0.2, 0.25) is 0 Å². The number of hydrogen-bond acceptors (Lipinski definition) is 3. The number of H-pyrrole nitrogens is 1. The van der Waals surface area contributed by atoms with Gasteiger partial charge >= 0.3 is 0 Å². The number of imidazole rings is 1. The fourth-order valence-electron chi connectivity index (χ4n) is 3.20. The molecule has 3 heterocycles. The van der Waals surface area contributed by atoms with E-state index < -0.39 is 0 Å². The van der Waals surface area contributed by atoms with Crippen LogP contribution >= 0.6 is 12.2 Å². The second kappa shape index (κ2) is 4.76. The fraction of sp³-hybridized carbons (Fsp3) is 0.692. The first-order valence-corrected chi connectivity index (χ1v) is 7.38. The molecule has 3 rings (SSSR count). The van der Waals surface area contributed by atoms with Crippen LogP contribution in [0.25, 0.3) is 11.2 Å². The van der Waals surface area contributed by atoms with Gasteiger partial charge in [-0.2, -0.15) is 5.10 Å². The first-order valence-electron chi connectivity index (χ1n) is 6.98. The zero-order chi connectivity index (χ0) is 13.6. The Balaban J connectivity index is 2.09. The lowest BCUT2D eigenvalue weighted by Crippen LogP contribution is -2.36. The van der Waals surface area contributed by atoms with Crippen LogP contribution < -0.4 is 0 Å². The molecule has 1 N–H and O–H groups in total. The van der Waals surface area contributed by atoms with Gasteiger partial charge in [0.25, 0.3) is 0 Å². The molecule has 1 aliphatic rings. The SMILES string of the molecule is CCN1CCCC(n2c(=S)[nH]c3c(C)nn(C)c32)C1. The van der Waals surface area contributed by atoms with E-state index in [0.29, 0.717) is 6.04 Å². The van der Waals surface area contributed by atoms with Gasteiger partial charge in [-0.25, -0.2) is 0 Å². The van der Waals surface area contributed by atoms with Gasteiger partial charge in [-0.15, -0.1) is 0 Å². The predicted octanol–water partition coefficient (Wildman–Crippen LogP) is 2.40. The summed E-state index contributed by atoms with van der Waals surface area (Å²) in [5.74, 6) is 0. The van der Waals surface area contributed by atoms with E-state index >= 15 is 0 Å². The highest BCUT2D eigenvalue weighted by Crippen LogP contribution is 2.27. The number of rotatable bonds is 2. The topological polar surface area (TPSA) is 41.8 Å².